The number of hydroxylamine groups is 2. The summed E-state index contributed by atoms with van der Waals surface area (Å²) in [6.07, 6.45) is 0.886. The van der Waals surface area contributed by atoms with Gasteiger partial charge in [0.05, 0.1) is 0 Å². The second-order valence-corrected chi connectivity index (χ2v) is 18.3. The largest absolute Gasteiger partial charge is 0.351 e. The van der Waals surface area contributed by atoms with Crippen molar-refractivity contribution in [1.29, 1.82) is 0 Å². The molecule has 5 N–H and O–H groups in total. The molecule has 1 heterocycles. The lowest BCUT2D eigenvalue weighted by atomic mass is 9.78. The molecular formula is C42H55N6O6. The van der Waals surface area contributed by atoms with Gasteiger partial charge in [-0.25, -0.2) is 0 Å². The molecule has 1 aliphatic rings. The Morgan fingerprint density at radius 2 is 0.944 bits per heavy atom. The highest BCUT2D eigenvalue weighted by Crippen LogP contribution is 2.38. The molecule has 0 aliphatic carbocycles. The number of benzene rings is 4. The van der Waals surface area contributed by atoms with E-state index in [-0.39, 0.29) is 6.04 Å². The van der Waals surface area contributed by atoms with Crippen LogP contribution in [0.25, 0.3) is 32.3 Å². The number of carbonyl (C=O) groups is 5. The van der Waals surface area contributed by atoms with Crippen LogP contribution in [-0.4, -0.2) is 73.9 Å². The van der Waals surface area contributed by atoms with Crippen LogP contribution in [-0.2, 0) is 24.4 Å². The summed E-state index contributed by atoms with van der Waals surface area (Å²) in [5.74, 6) is -2.74. The van der Waals surface area contributed by atoms with Gasteiger partial charge < -0.3 is 26.6 Å². The van der Waals surface area contributed by atoms with E-state index in [1.165, 1.54) is 27.7 Å². The first-order chi connectivity index (χ1) is 24.7. The summed E-state index contributed by atoms with van der Waals surface area (Å²) in [6.45, 7) is 19.6. The van der Waals surface area contributed by atoms with E-state index in [4.69, 9.17) is 0 Å². The second-order valence-electron chi connectivity index (χ2n) is 18.3. The molecule has 0 unspecified atom stereocenters. The predicted octanol–water partition coefficient (Wildman–Crippen LogP) is 5.26. The Bertz CT molecular complexity index is 2120. The third-order valence-corrected chi connectivity index (χ3v) is 10.7. The van der Waals surface area contributed by atoms with Crippen LogP contribution in [0.5, 0.6) is 0 Å². The summed E-state index contributed by atoms with van der Waals surface area (Å²) >= 11 is 0. The summed E-state index contributed by atoms with van der Waals surface area (Å²) in [6, 6.07) is 17.4. The molecule has 0 spiro atoms. The fourth-order valence-corrected chi connectivity index (χ4v) is 7.56. The van der Waals surface area contributed by atoms with Crippen LogP contribution in [0.4, 0.5) is 0 Å². The molecule has 54 heavy (non-hydrogen) atoms. The van der Waals surface area contributed by atoms with Gasteiger partial charge in [0, 0.05) is 22.7 Å². The summed E-state index contributed by atoms with van der Waals surface area (Å²) in [7, 11) is 0. The molecule has 12 nitrogen and oxygen atoms in total. The van der Waals surface area contributed by atoms with Gasteiger partial charge in [-0.1, -0.05) is 48.5 Å². The zero-order chi connectivity index (χ0) is 40.4. The Hall–Kier alpha value is -4.81. The second kappa shape index (κ2) is 13.5. The van der Waals surface area contributed by atoms with Gasteiger partial charge in [-0.2, -0.15) is 0 Å². The fourth-order valence-electron chi connectivity index (χ4n) is 7.56. The van der Waals surface area contributed by atoms with E-state index in [1.54, 1.807) is 33.8 Å². The minimum absolute atomic E-state index is 0.282. The summed E-state index contributed by atoms with van der Waals surface area (Å²) in [5.41, 5.74) is -6.75. The van der Waals surface area contributed by atoms with E-state index in [2.05, 4.69) is 32.7 Å². The first-order valence-corrected chi connectivity index (χ1v) is 18.4. The van der Waals surface area contributed by atoms with E-state index in [1.807, 2.05) is 70.2 Å². The normalized spacial score (nSPS) is 17.0. The number of hydrogen-bond donors (Lipinski definition) is 5. The zero-order valence-electron chi connectivity index (χ0n) is 33.6. The average Bonchev–Trinajstić information content (AvgIpc) is 3.04. The van der Waals surface area contributed by atoms with Crippen molar-refractivity contribution in [3.63, 3.8) is 0 Å². The number of nitrogens with zero attached hydrogens (tertiary/aromatic N) is 1. The van der Waals surface area contributed by atoms with Crippen molar-refractivity contribution < 1.29 is 29.2 Å². The Kier molecular flexibility index (Phi) is 10.1. The van der Waals surface area contributed by atoms with Crippen molar-refractivity contribution in [3.05, 3.63) is 60.2 Å². The lowest BCUT2D eigenvalue weighted by molar-refractivity contribution is -0.290. The molecule has 1 fully saturated rings. The third kappa shape index (κ3) is 7.72. The molecule has 1 saturated heterocycles. The maximum Gasteiger partial charge on any atom is 0.252 e. The van der Waals surface area contributed by atoms with Gasteiger partial charge in [0.15, 0.2) is 0 Å². The minimum atomic E-state index is -1.51. The Morgan fingerprint density at radius 1 is 0.556 bits per heavy atom. The quantitative estimate of drug-likeness (QED) is 0.139. The van der Waals surface area contributed by atoms with Crippen LogP contribution < -0.4 is 26.6 Å². The SMILES string of the molecule is CC(C)(NC(=O)c1ccc2ccc3cccc4ccc1c2c34)C(=O)NC(C)(C)C(=O)NC(C)(C)C(=O)NC(C)(C)C(=O)NC1CC(C)(C)N([O])C(C)(C)C1. The van der Waals surface area contributed by atoms with Gasteiger partial charge in [-0.3, -0.25) is 24.0 Å². The lowest BCUT2D eigenvalue weighted by Crippen LogP contribution is -2.68. The highest BCUT2D eigenvalue weighted by molar-refractivity contribution is 6.26. The van der Waals surface area contributed by atoms with Crippen molar-refractivity contribution >= 4 is 61.9 Å². The highest BCUT2D eigenvalue weighted by Gasteiger charge is 2.48. The van der Waals surface area contributed by atoms with Crippen LogP contribution in [0.1, 0.15) is 106 Å². The Morgan fingerprint density at radius 3 is 1.43 bits per heavy atom. The van der Waals surface area contributed by atoms with Gasteiger partial charge in [0.2, 0.25) is 23.6 Å². The highest BCUT2D eigenvalue weighted by atomic mass is 16.5. The molecule has 12 heteroatoms. The smallest absolute Gasteiger partial charge is 0.252 e. The first kappa shape index (κ1) is 40.4. The molecule has 1 radical (unpaired) electrons. The van der Waals surface area contributed by atoms with Crippen molar-refractivity contribution in [2.75, 3.05) is 0 Å². The number of amides is 5. The van der Waals surface area contributed by atoms with Crippen LogP contribution >= 0.6 is 0 Å². The summed E-state index contributed by atoms with van der Waals surface area (Å²) in [5, 5.41) is 33.9. The van der Waals surface area contributed by atoms with Gasteiger partial charge in [-0.05, 0) is 134 Å². The van der Waals surface area contributed by atoms with Crippen LogP contribution in [0.3, 0.4) is 0 Å². The minimum Gasteiger partial charge on any atom is -0.351 e. The number of rotatable bonds is 10. The van der Waals surface area contributed by atoms with Gasteiger partial charge in [-0.15, -0.1) is 10.3 Å². The van der Waals surface area contributed by atoms with Crippen LogP contribution in [0.2, 0.25) is 0 Å². The predicted molar refractivity (Wildman–Crippen MR) is 210 cm³/mol. The zero-order valence-corrected chi connectivity index (χ0v) is 33.6. The number of carbonyl (C=O) groups excluding carboxylic acids is 5. The molecule has 0 atom stereocenters. The molecular weight excluding hydrogens is 684 g/mol. The van der Waals surface area contributed by atoms with E-state index < -0.39 is 62.8 Å². The molecule has 4 aromatic carbocycles. The molecule has 5 rings (SSSR count). The Balaban J connectivity index is 1.22. The third-order valence-electron chi connectivity index (χ3n) is 10.7. The molecule has 289 valence electrons. The standard InChI is InChI=1S/C42H55N6O6/c1-37(2)22-27(23-38(3,4)48(37)54)43-33(50)39(5,6)45-35(52)41(9,10)47-36(53)42(11,12)46-34(51)40(7,8)44-32(49)29-21-19-26-17-16-24-14-13-15-25-18-20-28(29)31(26)30(24)25/h13-21,27H,22-23H2,1-12H3,(H,43,50)(H,44,49)(H,45,52)(H,46,51)(H,47,53). The van der Waals surface area contributed by atoms with E-state index in [0.717, 1.165) is 37.4 Å². The maximum atomic E-state index is 13.8. The first-order valence-electron chi connectivity index (χ1n) is 18.4. The van der Waals surface area contributed by atoms with Gasteiger partial charge in [0.1, 0.15) is 22.2 Å². The van der Waals surface area contributed by atoms with Crippen LogP contribution in [0.15, 0.2) is 54.6 Å². The molecule has 0 bridgehead atoms. The van der Waals surface area contributed by atoms with Crippen molar-refractivity contribution in [3.8, 4) is 0 Å². The van der Waals surface area contributed by atoms with E-state index in [0.29, 0.717) is 18.4 Å². The molecule has 5 amide bonds. The Labute approximate surface area is 317 Å². The number of hydrogen-bond acceptors (Lipinski definition) is 6. The summed E-state index contributed by atoms with van der Waals surface area (Å²) in [4.78, 5) is 68.0. The summed E-state index contributed by atoms with van der Waals surface area (Å²) < 4.78 is 0. The molecule has 4 aromatic rings. The van der Waals surface area contributed by atoms with Gasteiger partial charge in [0.25, 0.3) is 5.91 Å². The molecule has 1 aliphatic heterocycles. The number of piperidine rings is 1. The molecule has 0 aromatic heterocycles. The van der Waals surface area contributed by atoms with Crippen molar-refractivity contribution in [2.45, 2.75) is 135 Å². The topological polar surface area (TPSA) is 169 Å². The van der Waals surface area contributed by atoms with Crippen molar-refractivity contribution in [2.24, 2.45) is 0 Å². The monoisotopic (exact) mass is 739 g/mol. The number of nitrogens with one attached hydrogen (secondary N) is 5. The van der Waals surface area contributed by atoms with Crippen LogP contribution in [0, 0.1) is 0 Å². The lowest BCUT2D eigenvalue weighted by Gasteiger charge is -2.50. The van der Waals surface area contributed by atoms with E-state index in [9.17, 15) is 29.2 Å². The van der Waals surface area contributed by atoms with Crippen molar-refractivity contribution in [1.82, 2.24) is 31.6 Å². The fraction of sp³-hybridized carbons (Fsp3) is 0.500. The van der Waals surface area contributed by atoms with Gasteiger partial charge >= 0.3 is 0 Å². The molecule has 0 saturated carbocycles. The average molecular weight is 740 g/mol. The maximum absolute atomic E-state index is 13.8. The van der Waals surface area contributed by atoms with E-state index >= 15 is 0 Å².